The molecule has 0 saturated heterocycles. The van der Waals surface area contributed by atoms with Crippen molar-refractivity contribution in [2.24, 2.45) is 0 Å². The minimum atomic E-state index is -0.415. The molecule has 0 aliphatic rings. The van der Waals surface area contributed by atoms with Gasteiger partial charge in [-0.1, -0.05) is 30.3 Å². The molecule has 0 heterocycles. The summed E-state index contributed by atoms with van der Waals surface area (Å²) in [6.45, 7) is 0. The molecule has 0 aliphatic carbocycles. The van der Waals surface area contributed by atoms with Crippen molar-refractivity contribution in [1.29, 1.82) is 0 Å². The molecule has 128 valence electrons. The third-order valence-electron chi connectivity index (χ3n) is 3.11. The molecule has 3 N–H and O–H groups in total. The van der Waals surface area contributed by atoms with Crippen LogP contribution in [-0.2, 0) is 4.79 Å². The fourth-order valence-corrected chi connectivity index (χ4v) is 2.00. The van der Waals surface area contributed by atoms with E-state index in [2.05, 4.69) is 16.2 Å². The number of ether oxygens (including phenoxy) is 1. The molecule has 0 saturated carbocycles. The lowest BCUT2D eigenvalue weighted by Crippen LogP contribution is -2.48. The summed E-state index contributed by atoms with van der Waals surface area (Å²) in [5, 5.41) is 2.43. The van der Waals surface area contributed by atoms with E-state index >= 15 is 0 Å². The van der Waals surface area contributed by atoms with Gasteiger partial charge in [0.25, 0.3) is 5.91 Å². The highest BCUT2D eigenvalue weighted by Gasteiger charge is 2.05. The number of hydrogen-bond acceptors (Lipinski definition) is 4. The minimum absolute atomic E-state index is 0.00587. The minimum Gasteiger partial charge on any atom is -0.497 e. The zero-order valence-corrected chi connectivity index (χ0v) is 14.3. The second-order valence-corrected chi connectivity index (χ2v) is 5.28. The summed E-state index contributed by atoms with van der Waals surface area (Å²) < 4.78 is 5.06. The molecular formula is C18H17N3O3S. The average Bonchev–Trinajstić information content (AvgIpc) is 2.65. The summed E-state index contributed by atoms with van der Waals surface area (Å²) in [5.74, 6) is -0.0330. The maximum atomic E-state index is 11.8. The number of hydrogen-bond donors (Lipinski definition) is 3. The number of rotatable bonds is 4. The normalized spacial score (nSPS) is 10.1. The zero-order chi connectivity index (χ0) is 18.1. The van der Waals surface area contributed by atoms with Crippen LogP contribution in [0.2, 0.25) is 0 Å². The van der Waals surface area contributed by atoms with E-state index in [4.69, 9.17) is 17.0 Å². The van der Waals surface area contributed by atoms with E-state index in [1.807, 2.05) is 18.2 Å². The van der Waals surface area contributed by atoms with Crippen molar-refractivity contribution in [3.63, 3.8) is 0 Å². The monoisotopic (exact) mass is 355 g/mol. The van der Waals surface area contributed by atoms with Gasteiger partial charge in [0, 0.05) is 11.6 Å². The SMILES string of the molecule is COc1ccc(C=CC(=O)NC(=S)NNC(=O)c2ccccc2)cc1. The standard InChI is InChI=1S/C18H17N3O3S/c1-24-15-10-7-13(8-11-15)9-12-16(22)19-18(25)21-20-17(23)14-5-3-2-4-6-14/h2-12H,1H3,(H,20,23)(H2,19,21,22,25). The third-order valence-corrected chi connectivity index (χ3v) is 3.31. The summed E-state index contributed by atoms with van der Waals surface area (Å²) in [5.41, 5.74) is 6.20. The van der Waals surface area contributed by atoms with Crippen molar-refractivity contribution in [3.05, 3.63) is 71.8 Å². The zero-order valence-electron chi connectivity index (χ0n) is 13.5. The van der Waals surface area contributed by atoms with Crippen LogP contribution in [0.1, 0.15) is 15.9 Å². The summed E-state index contributed by atoms with van der Waals surface area (Å²) in [4.78, 5) is 23.6. The molecule has 25 heavy (non-hydrogen) atoms. The Labute approximate surface area is 150 Å². The van der Waals surface area contributed by atoms with Gasteiger partial charge in [-0.05, 0) is 48.1 Å². The molecule has 6 nitrogen and oxygen atoms in total. The first-order chi connectivity index (χ1) is 12.1. The fraction of sp³-hybridized carbons (Fsp3) is 0.0556. The molecule has 0 unspecified atom stereocenters. The Morgan fingerprint density at radius 3 is 2.32 bits per heavy atom. The lowest BCUT2D eigenvalue weighted by Gasteiger charge is -2.09. The van der Waals surface area contributed by atoms with Crippen molar-refractivity contribution in [3.8, 4) is 5.75 Å². The van der Waals surface area contributed by atoms with E-state index < -0.39 is 5.91 Å². The lowest BCUT2D eigenvalue weighted by atomic mass is 10.2. The number of methoxy groups -OCH3 is 1. The number of hydrazine groups is 1. The van der Waals surface area contributed by atoms with Crippen molar-refractivity contribution in [2.45, 2.75) is 0 Å². The van der Waals surface area contributed by atoms with E-state index in [1.54, 1.807) is 49.6 Å². The van der Waals surface area contributed by atoms with Gasteiger partial charge in [0.05, 0.1) is 7.11 Å². The van der Waals surface area contributed by atoms with E-state index in [0.717, 1.165) is 11.3 Å². The van der Waals surface area contributed by atoms with Crippen LogP contribution in [0.15, 0.2) is 60.7 Å². The van der Waals surface area contributed by atoms with Crippen LogP contribution < -0.4 is 20.9 Å². The van der Waals surface area contributed by atoms with Gasteiger partial charge < -0.3 is 4.74 Å². The highest BCUT2D eigenvalue weighted by molar-refractivity contribution is 7.80. The predicted molar refractivity (Wildman–Crippen MR) is 99.8 cm³/mol. The van der Waals surface area contributed by atoms with E-state index in [-0.39, 0.29) is 11.0 Å². The molecule has 0 atom stereocenters. The smallest absolute Gasteiger partial charge is 0.269 e. The largest absolute Gasteiger partial charge is 0.497 e. The van der Waals surface area contributed by atoms with E-state index in [0.29, 0.717) is 5.56 Å². The highest BCUT2D eigenvalue weighted by atomic mass is 32.1. The van der Waals surface area contributed by atoms with Crippen molar-refractivity contribution < 1.29 is 14.3 Å². The van der Waals surface area contributed by atoms with Crippen LogP contribution in [0.25, 0.3) is 6.08 Å². The third kappa shape index (κ3) is 6.08. The molecule has 2 rings (SSSR count). The summed E-state index contributed by atoms with van der Waals surface area (Å²) in [6.07, 6.45) is 2.98. The molecule has 0 radical (unpaired) electrons. The molecule has 2 aromatic carbocycles. The van der Waals surface area contributed by atoms with Gasteiger partial charge in [0.1, 0.15) is 5.75 Å². The van der Waals surface area contributed by atoms with Gasteiger partial charge in [-0.25, -0.2) is 0 Å². The van der Waals surface area contributed by atoms with Gasteiger partial charge in [-0.15, -0.1) is 0 Å². The maximum absolute atomic E-state index is 11.8. The summed E-state index contributed by atoms with van der Waals surface area (Å²) in [6, 6.07) is 15.9. The fourth-order valence-electron chi connectivity index (χ4n) is 1.85. The van der Waals surface area contributed by atoms with Gasteiger partial charge in [0.2, 0.25) is 5.91 Å². The Bertz CT molecular complexity index is 774. The summed E-state index contributed by atoms with van der Waals surface area (Å²) in [7, 11) is 1.59. The number of carbonyl (C=O) groups is 2. The molecule has 0 spiro atoms. The van der Waals surface area contributed by atoms with Crippen LogP contribution in [-0.4, -0.2) is 24.0 Å². The second kappa shape index (κ2) is 9.19. The quantitative estimate of drug-likeness (QED) is 0.444. The van der Waals surface area contributed by atoms with Crippen molar-refractivity contribution in [2.75, 3.05) is 7.11 Å². The topological polar surface area (TPSA) is 79.5 Å². The Hall–Kier alpha value is -3.19. The second-order valence-electron chi connectivity index (χ2n) is 4.87. The number of benzene rings is 2. The first kappa shape index (κ1) is 18.2. The molecule has 2 amide bonds. The van der Waals surface area contributed by atoms with Crippen LogP contribution in [0.3, 0.4) is 0 Å². The Morgan fingerprint density at radius 2 is 1.68 bits per heavy atom. The average molecular weight is 355 g/mol. The van der Waals surface area contributed by atoms with Crippen LogP contribution in [0.5, 0.6) is 5.75 Å². The molecule has 2 aromatic rings. The van der Waals surface area contributed by atoms with Crippen molar-refractivity contribution in [1.82, 2.24) is 16.2 Å². The predicted octanol–water partition coefficient (Wildman–Crippen LogP) is 2.04. The molecular weight excluding hydrogens is 338 g/mol. The number of carbonyl (C=O) groups excluding carboxylic acids is 2. The summed E-state index contributed by atoms with van der Waals surface area (Å²) >= 11 is 4.95. The van der Waals surface area contributed by atoms with E-state index in [9.17, 15) is 9.59 Å². The van der Waals surface area contributed by atoms with Gasteiger partial charge in [0.15, 0.2) is 5.11 Å². The van der Waals surface area contributed by atoms with Crippen molar-refractivity contribution >= 4 is 35.2 Å². The molecule has 0 aliphatic heterocycles. The Kier molecular flexibility index (Phi) is 6.67. The van der Waals surface area contributed by atoms with Gasteiger partial charge in [-0.2, -0.15) is 0 Å². The first-order valence-corrected chi connectivity index (χ1v) is 7.78. The molecule has 0 fully saturated rings. The maximum Gasteiger partial charge on any atom is 0.269 e. The van der Waals surface area contributed by atoms with Gasteiger partial charge >= 0.3 is 0 Å². The Balaban J connectivity index is 1.78. The molecule has 0 bridgehead atoms. The Morgan fingerprint density at radius 1 is 1.00 bits per heavy atom. The van der Waals surface area contributed by atoms with Crippen LogP contribution in [0.4, 0.5) is 0 Å². The first-order valence-electron chi connectivity index (χ1n) is 7.37. The van der Waals surface area contributed by atoms with E-state index in [1.165, 1.54) is 6.08 Å². The van der Waals surface area contributed by atoms with Crippen LogP contribution >= 0.6 is 12.2 Å². The van der Waals surface area contributed by atoms with Gasteiger partial charge in [-0.3, -0.25) is 25.8 Å². The highest BCUT2D eigenvalue weighted by Crippen LogP contribution is 2.12. The number of amides is 2. The van der Waals surface area contributed by atoms with Crippen LogP contribution in [0, 0.1) is 0 Å². The molecule has 7 heteroatoms. The molecule has 0 aromatic heterocycles. The number of thiocarbonyl (C=S) groups is 1. The number of nitrogens with one attached hydrogen (secondary N) is 3. The lowest BCUT2D eigenvalue weighted by molar-refractivity contribution is -0.115.